The molecule has 0 radical (unpaired) electrons. The second-order valence-electron chi connectivity index (χ2n) is 3.49. The minimum atomic E-state index is 0.0698. The van der Waals surface area contributed by atoms with Crippen LogP contribution in [0.5, 0.6) is 0 Å². The molecule has 2 rings (SSSR count). The van der Waals surface area contributed by atoms with Crippen LogP contribution < -0.4 is 0 Å². The summed E-state index contributed by atoms with van der Waals surface area (Å²) in [6.45, 7) is 0. The lowest BCUT2D eigenvalue weighted by atomic mass is 10.1. The van der Waals surface area contributed by atoms with E-state index in [1.54, 1.807) is 12.4 Å². The molecule has 82 valence electrons. The molecule has 4 heteroatoms. The van der Waals surface area contributed by atoms with Gasteiger partial charge in [0.2, 0.25) is 5.91 Å². The highest BCUT2D eigenvalue weighted by molar-refractivity contribution is 9.10. The molecular weight excluding hydrogens is 268 g/mol. The Morgan fingerprint density at radius 2 is 2.06 bits per heavy atom. The van der Waals surface area contributed by atoms with Crippen molar-refractivity contribution in [1.29, 1.82) is 0 Å². The third-order valence-electron chi connectivity index (χ3n) is 2.33. The summed E-state index contributed by atoms with van der Waals surface area (Å²) in [6, 6.07) is 8.00. The van der Waals surface area contributed by atoms with Gasteiger partial charge >= 0.3 is 0 Å². The normalized spacial score (nSPS) is 10.3. The number of halogens is 1. The average Bonchev–Trinajstić information content (AvgIpc) is 2.81. The molecule has 0 saturated heterocycles. The summed E-state index contributed by atoms with van der Waals surface area (Å²) in [5.41, 5.74) is 1.16. The molecule has 1 aromatic heterocycles. The Morgan fingerprint density at radius 3 is 2.69 bits per heavy atom. The highest BCUT2D eigenvalue weighted by Crippen LogP contribution is 2.12. The van der Waals surface area contributed by atoms with Crippen LogP contribution in [0.3, 0.4) is 0 Å². The van der Waals surface area contributed by atoms with Gasteiger partial charge in [0.05, 0.1) is 0 Å². The summed E-state index contributed by atoms with van der Waals surface area (Å²) in [7, 11) is 0. The number of carbonyl (C=O) groups excluding carboxylic acids is 1. The monoisotopic (exact) mass is 278 g/mol. The molecule has 0 amide bonds. The van der Waals surface area contributed by atoms with Crippen LogP contribution in [-0.2, 0) is 6.42 Å². The van der Waals surface area contributed by atoms with Crippen molar-refractivity contribution in [3.8, 4) is 0 Å². The van der Waals surface area contributed by atoms with Gasteiger partial charge in [-0.15, -0.1) is 0 Å². The first-order valence-corrected chi connectivity index (χ1v) is 5.80. The zero-order valence-electron chi connectivity index (χ0n) is 8.64. The van der Waals surface area contributed by atoms with Crippen LogP contribution in [0.25, 0.3) is 0 Å². The number of rotatable bonds is 3. The first-order valence-electron chi connectivity index (χ1n) is 5.01. The maximum Gasteiger partial charge on any atom is 0.232 e. The molecule has 0 fully saturated rings. The molecule has 0 atom stereocenters. The van der Waals surface area contributed by atoms with Crippen molar-refractivity contribution in [2.75, 3.05) is 0 Å². The Kier molecular flexibility index (Phi) is 3.51. The van der Waals surface area contributed by atoms with Crippen molar-refractivity contribution in [3.05, 3.63) is 53.0 Å². The van der Waals surface area contributed by atoms with Gasteiger partial charge in [-0.1, -0.05) is 28.1 Å². The fraction of sp³-hybridized carbons (Fsp3) is 0.167. The van der Waals surface area contributed by atoms with E-state index >= 15 is 0 Å². The van der Waals surface area contributed by atoms with Crippen molar-refractivity contribution in [2.24, 2.45) is 0 Å². The third kappa shape index (κ3) is 2.79. The Balaban J connectivity index is 1.93. The number of aryl methyl sites for hydroxylation is 1. The van der Waals surface area contributed by atoms with Crippen LogP contribution in [0.2, 0.25) is 0 Å². The van der Waals surface area contributed by atoms with E-state index in [1.165, 1.54) is 10.9 Å². The van der Waals surface area contributed by atoms with Gasteiger partial charge < -0.3 is 0 Å². The molecular formula is C12H11BrN2O. The SMILES string of the molecule is O=C(CCc1ccc(Br)cc1)n1ccnc1. The van der Waals surface area contributed by atoms with Gasteiger partial charge in [0.25, 0.3) is 0 Å². The van der Waals surface area contributed by atoms with Gasteiger partial charge in [-0.25, -0.2) is 4.98 Å². The number of hydrogen-bond donors (Lipinski definition) is 0. The van der Waals surface area contributed by atoms with Crippen molar-refractivity contribution < 1.29 is 4.79 Å². The Morgan fingerprint density at radius 1 is 1.31 bits per heavy atom. The number of nitrogens with zero attached hydrogens (tertiary/aromatic N) is 2. The molecule has 0 bridgehead atoms. The molecule has 1 aromatic carbocycles. The highest BCUT2D eigenvalue weighted by atomic mass is 79.9. The van der Waals surface area contributed by atoms with Gasteiger partial charge in [0, 0.05) is 23.3 Å². The van der Waals surface area contributed by atoms with Crippen molar-refractivity contribution in [1.82, 2.24) is 9.55 Å². The van der Waals surface area contributed by atoms with Crippen LogP contribution in [0.4, 0.5) is 0 Å². The molecule has 0 aliphatic carbocycles. The Bertz CT molecular complexity index is 462. The number of carbonyl (C=O) groups is 1. The fourth-order valence-electron chi connectivity index (χ4n) is 1.44. The van der Waals surface area contributed by atoms with Crippen molar-refractivity contribution in [3.63, 3.8) is 0 Å². The standard InChI is InChI=1S/C12H11BrN2O/c13-11-4-1-10(2-5-11)3-6-12(16)15-8-7-14-9-15/h1-2,4-5,7-9H,3,6H2. The van der Waals surface area contributed by atoms with Gasteiger partial charge in [-0.05, 0) is 24.1 Å². The van der Waals surface area contributed by atoms with E-state index in [0.717, 1.165) is 16.5 Å². The lowest BCUT2D eigenvalue weighted by Gasteiger charge is -2.02. The number of hydrogen-bond acceptors (Lipinski definition) is 2. The molecule has 2 aromatic rings. The maximum atomic E-state index is 11.7. The highest BCUT2D eigenvalue weighted by Gasteiger charge is 2.04. The summed E-state index contributed by atoms with van der Waals surface area (Å²) < 4.78 is 2.57. The second kappa shape index (κ2) is 5.07. The molecule has 0 N–H and O–H groups in total. The lowest BCUT2D eigenvalue weighted by Crippen LogP contribution is -2.09. The molecule has 0 unspecified atom stereocenters. The summed E-state index contributed by atoms with van der Waals surface area (Å²) in [4.78, 5) is 15.5. The summed E-state index contributed by atoms with van der Waals surface area (Å²) in [5.74, 6) is 0.0698. The number of imidazole rings is 1. The maximum absolute atomic E-state index is 11.7. The smallest absolute Gasteiger partial charge is 0.232 e. The van der Waals surface area contributed by atoms with E-state index in [-0.39, 0.29) is 5.91 Å². The van der Waals surface area contributed by atoms with E-state index in [4.69, 9.17) is 0 Å². The van der Waals surface area contributed by atoms with Gasteiger partial charge in [0.15, 0.2) is 0 Å². The number of benzene rings is 1. The molecule has 16 heavy (non-hydrogen) atoms. The lowest BCUT2D eigenvalue weighted by molar-refractivity contribution is 0.0903. The minimum Gasteiger partial charge on any atom is -0.276 e. The third-order valence-corrected chi connectivity index (χ3v) is 2.86. The largest absolute Gasteiger partial charge is 0.276 e. The zero-order chi connectivity index (χ0) is 11.4. The first-order chi connectivity index (χ1) is 7.75. The van der Waals surface area contributed by atoms with Crippen LogP contribution in [0.15, 0.2) is 47.5 Å². The Labute approximate surface area is 102 Å². The van der Waals surface area contributed by atoms with E-state index in [1.807, 2.05) is 24.3 Å². The van der Waals surface area contributed by atoms with E-state index in [0.29, 0.717) is 6.42 Å². The van der Waals surface area contributed by atoms with Crippen LogP contribution in [0, 0.1) is 0 Å². The summed E-state index contributed by atoms with van der Waals surface area (Å²) in [6.07, 6.45) is 6.06. The van der Waals surface area contributed by atoms with Gasteiger partial charge in [-0.3, -0.25) is 9.36 Å². The molecule has 3 nitrogen and oxygen atoms in total. The van der Waals surface area contributed by atoms with Crippen LogP contribution in [-0.4, -0.2) is 15.5 Å². The van der Waals surface area contributed by atoms with E-state index in [2.05, 4.69) is 20.9 Å². The first kappa shape index (κ1) is 11.1. The van der Waals surface area contributed by atoms with Crippen LogP contribution in [0.1, 0.15) is 16.8 Å². The molecule has 0 spiro atoms. The van der Waals surface area contributed by atoms with E-state index in [9.17, 15) is 4.79 Å². The zero-order valence-corrected chi connectivity index (χ0v) is 10.2. The van der Waals surface area contributed by atoms with Crippen molar-refractivity contribution in [2.45, 2.75) is 12.8 Å². The quantitative estimate of drug-likeness (QED) is 0.865. The van der Waals surface area contributed by atoms with E-state index < -0.39 is 0 Å². The molecule has 0 aliphatic heterocycles. The predicted molar refractivity (Wildman–Crippen MR) is 65.3 cm³/mol. The van der Waals surface area contributed by atoms with Crippen molar-refractivity contribution >= 4 is 21.8 Å². The molecule has 0 saturated carbocycles. The summed E-state index contributed by atoms with van der Waals surface area (Å²) >= 11 is 3.38. The molecule has 1 heterocycles. The average molecular weight is 279 g/mol. The minimum absolute atomic E-state index is 0.0698. The fourth-order valence-corrected chi connectivity index (χ4v) is 1.70. The number of aromatic nitrogens is 2. The topological polar surface area (TPSA) is 34.9 Å². The predicted octanol–water partition coefficient (Wildman–Crippen LogP) is 2.92. The Hall–Kier alpha value is -1.42. The second-order valence-corrected chi connectivity index (χ2v) is 4.41. The van der Waals surface area contributed by atoms with Crippen LogP contribution >= 0.6 is 15.9 Å². The molecule has 0 aliphatic rings. The van der Waals surface area contributed by atoms with Gasteiger partial charge in [0.1, 0.15) is 6.33 Å². The van der Waals surface area contributed by atoms with Gasteiger partial charge in [-0.2, -0.15) is 0 Å². The summed E-state index contributed by atoms with van der Waals surface area (Å²) in [5, 5.41) is 0.